The first-order valence-electron chi connectivity index (χ1n) is 7.36. The van der Waals surface area contributed by atoms with Crippen molar-refractivity contribution in [2.45, 2.75) is 41.5 Å². The summed E-state index contributed by atoms with van der Waals surface area (Å²) in [6.45, 7) is 12.5. The highest BCUT2D eigenvalue weighted by atomic mass is 16.3. The minimum absolute atomic E-state index is 0.347. The topological polar surface area (TPSA) is 20.2 Å². The Morgan fingerprint density at radius 1 is 0.714 bits per heavy atom. The predicted molar refractivity (Wildman–Crippen MR) is 91.8 cm³/mol. The lowest BCUT2D eigenvalue weighted by Gasteiger charge is -2.13. The number of aliphatic hydroxyl groups excluding tert-OH is 1. The molecule has 0 spiro atoms. The summed E-state index contributed by atoms with van der Waals surface area (Å²) in [4.78, 5) is 0. The summed E-state index contributed by atoms with van der Waals surface area (Å²) in [6.07, 6.45) is 1.90. The minimum Gasteiger partial charge on any atom is -0.507 e. The third-order valence-electron chi connectivity index (χ3n) is 3.95. The average molecular weight is 280 g/mol. The van der Waals surface area contributed by atoms with E-state index in [4.69, 9.17) is 0 Å². The number of hydrogen-bond donors (Lipinski definition) is 1. The lowest BCUT2D eigenvalue weighted by molar-refractivity contribution is 0.514. The molecule has 0 saturated heterocycles. The largest absolute Gasteiger partial charge is 0.507 e. The molecule has 1 nitrogen and oxygen atoms in total. The van der Waals surface area contributed by atoms with Gasteiger partial charge in [-0.25, -0.2) is 0 Å². The second-order valence-corrected chi connectivity index (χ2v) is 6.12. The smallest absolute Gasteiger partial charge is 0.123 e. The molecule has 0 bridgehead atoms. The molecular formula is C20H24O. The molecule has 1 heteroatoms. The summed E-state index contributed by atoms with van der Waals surface area (Å²) < 4.78 is 0. The molecule has 21 heavy (non-hydrogen) atoms. The van der Waals surface area contributed by atoms with E-state index in [2.05, 4.69) is 52.0 Å². The van der Waals surface area contributed by atoms with Gasteiger partial charge >= 0.3 is 0 Å². The molecule has 2 aromatic carbocycles. The fourth-order valence-corrected chi connectivity index (χ4v) is 3.21. The van der Waals surface area contributed by atoms with Crippen molar-refractivity contribution in [2.75, 3.05) is 0 Å². The van der Waals surface area contributed by atoms with Gasteiger partial charge in [0.2, 0.25) is 0 Å². The van der Waals surface area contributed by atoms with Gasteiger partial charge in [0, 0.05) is 5.56 Å². The molecular weight excluding hydrogens is 256 g/mol. The zero-order chi connectivity index (χ0) is 15.7. The fourth-order valence-electron chi connectivity index (χ4n) is 3.21. The monoisotopic (exact) mass is 280 g/mol. The zero-order valence-corrected chi connectivity index (χ0v) is 13.8. The maximum Gasteiger partial charge on any atom is 0.123 e. The van der Waals surface area contributed by atoms with Crippen LogP contribution in [-0.4, -0.2) is 5.11 Å². The van der Waals surface area contributed by atoms with E-state index in [1.54, 1.807) is 0 Å². The zero-order valence-electron chi connectivity index (χ0n) is 13.8. The molecule has 0 aliphatic carbocycles. The first kappa shape index (κ1) is 15.4. The van der Waals surface area contributed by atoms with Gasteiger partial charge in [-0.05, 0) is 75.4 Å². The third-order valence-corrected chi connectivity index (χ3v) is 3.95. The summed E-state index contributed by atoms with van der Waals surface area (Å²) in [6, 6.07) is 8.53. The van der Waals surface area contributed by atoms with Crippen molar-refractivity contribution in [1.82, 2.24) is 0 Å². The SMILES string of the molecule is Cc1cc(C)c(C=C(O)c2c(C)cc(C)cc2C)c(C)c1. The van der Waals surface area contributed by atoms with Gasteiger partial charge in [0.05, 0.1) is 0 Å². The van der Waals surface area contributed by atoms with Crippen molar-refractivity contribution >= 4 is 11.8 Å². The number of rotatable bonds is 2. The molecule has 2 rings (SSSR count). The van der Waals surface area contributed by atoms with Gasteiger partial charge in [0.1, 0.15) is 5.76 Å². The summed E-state index contributed by atoms with van der Waals surface area (Å²) >= 11 is 0. The summed E-state index contributed by atoms with van der Waals surface area (Å²) in [5, 5.41) is 10.6. The standard InChI is InChI=1S/C20H24O/c1-12-7-14(3)18(15(4)8-12)11-19(21)20-16(5)9-13(2)10-17(20)6/h7-11,21H,1-6H3. The van der Waals surface area contributed by atoms with Gasteiger partial charge in [-0.1, -0.05) is 35.4 Å². The Balaban J connectivity index is 2.58. The molecule has 0 unspecified atom stereocenters. The van der Waals surface area contributed by atoms with E-state index < -0.39 is 0 Å². The van der Waals surface area contributed by atoms with E-state index in [0.29, 0.717) is 5.76 Å². The van der Waals surface area contributed by atoms with Gasteiger partial charge in [-0.3, -0.25) is 0 Å². The summed E-state index contributed by atoms with van der Waals surface area (Å²) in [5.74, 6) is 0.347. The van der Waals surface area contributed by atoms with Crippen LogP contribution in [0.25, 0.3) is 11.8 Å². The molecule has 0 atom stereocenters. The van der Waals surface area contributed by atoms with Crippen LogP contribution in [0, 0.1) is 41.5 Å². The van der Waals surface area contributed by atoms with Crippen molar-refractivity contribution in [2.24, 2.45) is 0 Å². The van der Waals surface area contributed by atoms with Crippen LogP contribution in [0.15, 0.2) is 24.3 Å². The summed E-state index contributed by atoms with van der Waals surface area (Å²) in [7, 11) is 0. The molecule has 0 fully saturated rings. The summed E-state index contributed by atoms with van der Waals surface area (Å²) in [5.41, 5.74) is 9.15. The van der Waals surface area contributed by atoms with E-state index in [1.165, 1.54) is 22.3 Å². The van der Waals surface area contributed by atoms with Crippen LogP contribution in [0.3, 0.4) is 0 Å². The molecule has 0 aliphatic heterocycles. The first-order chi connectivity index (χ1) is 9.79. The fraction of sp³-hybridized carbons (Fsp3) is 0.300. The van der Waals surface area contributed by atoms with Crippen LogP contribution < -0.4 is 0 Å². The molecule has 110 valence electrons. The van der Waals surface area contributed by atoms with Crippen molar-refractivity contribution in [3.8, 4) is 0 Å². The van der Waals surface area contributed by atoms with Crippen LogP contribution >= 0.6 is 0 Å². The Bertz CT molecular complexity index is 675. The number of aryl methyl sites for hydroxylation is 6. The highest BCUT2D eigenvalue weighted by molar-refractivity contribution is 5.81. The molecule has 0 amide bonds. The lowest BCUT2D eigenvalue weighted by atomic mass is 9.94. The highest BCUT2D eigenvalue weighted by Crippen LogP contribution is 2.27. The second kappa shape index (κ2) is 5.77. The lowest BCUT2D eigenvalue weighted by Crippen LogP contribution is -1.96. The van der Waals surface area contributed by atoms with Gasteiger partial charge in [0.15, 0.2) is 0 Å². The molecule has 2 aromatic rings. The molecule has 0 saturated carbocycles. The molecule has 0 aliphatic rings. The van der Waals surface area contributed by atoms with Crippen LogP contribution in [-0.2, 0) is 0 Å². The maximum absolute atomic E-state index is 10.6. The van der Waals surface area contributed by atoms with Crippen LogP contribution in [0.1, 0.15) is 44.5 Å². The Kier molecular flexibility index (Phi) is 4.22. The van der Waals surface area contributed by atoms with E-state index in [0.717, 1.165) is 22.3 Å². The normalized spacial score (nSPS) is 11.8. The number of benzene rings is 2. The average Bonchev–Trinajstić information content (AvgIpc) is 2.32. The Morgan fingerprint density at radius 2 is 1.10 bits per heavy atom. The number of hydrogen-bond acceptors (Lipinski definition) is 1. The van der Waals surface area contributed by atoms with Crippen molar-refractivity contribution in [1.29, 1.82) is 0 Å². The Hall–Kier alpha value is -2.02. The predicted octanol–water partition coefficient (Wildman–Crippen LogP) is 5.59. The van der Waals surface area contributed by atoms with Gasteiger partial charge < -0.3 is 5.11 Å². The van der Waals surface area contributed by atoms with E-state index >= 15 is 0 Å². The first-order valence-corrected chi connectivity index (χ1v) is 7.36. The van der Waals surface area contributed by atoms with Gasteiger partial charge in [-0.2, -0.15) is 0 Å². The molecule has 0 aromatic heterocycles. The van der Waals surface area contributed by atoms with E-state index in [9.17, 15) is 5.11 Å². The van der Waals surface area contributed by atoms with Gasteiger partial charge in [-0.15, -0.1) is 0 Å². The van der Waals surface area contributed by atoms with Crippen molar-refractivity contribution < 1.29 is 5.11 Å². The second-order valence-electron chi connectivity index (χ2n) is 6.12. The van der Waals surface area contributed by atoms with Crippen LogP contribution in [0.5, 0.6) is 0 Å². The van der Waals surface area contributed by atoms with E-state index in [-0.39, 0.29) is 0 Å². The quantitative estimate of drug-likeness (QED) is 0.561. The Labute approximate surface area is 128 Å². The van der Waals surface area contributed by atoms with Crippen LogP contribution in [0.2, 0.25) is 0 Å². The van der Waals surface area contributed by atoms with Crippen molar-refractivity contribution in [3.63, 3.8) is 0 Å². The Morgan fingerprint density at radius 3 is 1.52 bits per heavy atom. The number of aliphatic hydroxyl groups is 1. The van der Waals surface area contributed by atoms with Gasteiger partial charge in [0.25, 0.3) is 0 Å². The third kappa shape index (κ3) is 3.18. The molecule has 1 N–H and O–H groups in total. The van der Waals surface area contributed by atoms with Crippen LogP contribution in [0.4, 0.5) is 0 Å². The highest BCUT2D eigenvalue weighted by Gasteiger charge is 2.10. The minimum atomic E-state index is 0.347. The maximum atomic E-state index is 10.6. The molecule has 0 radical (unpaired) electrons. The molecule has 0 heterocycles. The van der Waals surface area contributed by atoms with E-state index in [1.807, 2.05) is 19.9 Å². The van der Waals surface area contributed by atoms with Crippen molar-refractivity contribution in [3.05, 3.63) is 68.8 Å².